The van der Waals surface area contributed by atoms with E-state index in [2.05, 4.69) is 46.3 Å². The molecule has 0 radical (unpaired) electrons. The average Bonchev–Trinajstić information content (AvgIpc) is 2.70. The predicted molar refractivity (Wildman–Crippen MR) is 81.3 cm³/mol. The number of rotatable bonds is 3. The largest absolute Gasteiger partial charge is 0.325 e. The average molecular weight is 267 g/mol. The van der Waals surface area contributed by atoms with Crippen LogP contribution < -0.4 is 5.73 Å². The number of nitrogens with zero attached hydrogens (tertiary/aromatic N) is 2. The van der Waals surface area contributed by atoms with Crippen LogP contribution in [-0.2, 0) is 25.9 Å². The number of pyridine rings is 1. The van der Waals surface area contributed by atoms with Gasteiger partial charge < -0.3 is 5.73 Å². The Labute approximate surface area is 120 Å². The molecule has 0 aliphatic carbocycles. The second kappa shape index (κ2) is 6.16. The van der Waals surface area contributed by atoms with E-state index in [1.165, 1.54) is 16.7 Å². The van der Waals surface area contributed by atoms with Crippen molar-refractivity contribution in [2.24, 2.45) is 5.73 Å². The molecular weight excluding hydrogens is 246 g/mol. The van der Waals surface area contributed by atoms with Crippen LogP contribution in [0.4, 0.5) is 0 Å². The van der Waals surface area contributed by atoms with Crippen molar-refractivity contribution in [2.45, 2.75) is 25.9 Å². The molecule has 104 valence electrons. The third-order valence-electron chi connectivity index (χ3n) is 4.01. The molecule has 1 aliphatic rings. The van der Waals surface area contributed by atoms with Crippen LogP contribution in [0.3, 0.4) is 0 Å². The minimum absolute atomic E-state index is 0.513. The summed E-state index contributed by atoms with van der Waals surface area (Å²) in [6, 6.07) is 13.0. The maximum Gasteiger partial charge on any atom is 0.0542 e. The molecular formula is C17H21N3. The van der Waals surface area contributed by atoms with Gasteiger partial charge in [-0.1, -0.05) is 24.3 Å². The van der Waals surface area contributed by atoms with Crippen molar-refractivity contribution in [3.63, 3.8) is 0 Å². The number of benzene rings is 1. The number of nitrogens with two attached hydrogens (primary N) is 1. The summed E-state index contributed by atoms with van der Waals surface area (Å²) >= 11 is 0. The summed E-state index contributed by atoms with van der Waals surface area (Å²) in [6.45, 7) is 3.75. The highest BCUT2D eigenvalue weighted by atomic mass is 15.1. The molecule has 0 fully saturated rings. The van der Waals surface area contributed by atoms with E-state index in [1.54, 1.807) is 0 Å². The van der Waals surface area contributed by atoms with E-state index in [1.807, 2.05) is 6.20 Å². The van der Waals surface area contributed by atoms with Gasteiger partial charge in [-0.05, 0) is 41.7 Å². The Bertz CT molecular complexity index is 553. The lowest BCUT2D eigenvalue weighted by molar-refractivity contribution is 0.279. The first-order chi connectivity index (χ1) is 9.85. The zero-order chi connectivity index (χ0) is 13.8. The van der Waals surface area contributed by atoms with Crippen LogP contribution in [0.25, 0.3) is 0 Å². The Morgan fingerprint density at radius 1 is 1.05 bits per heavy atom. The molecule has 3 rings (SSSR count). The van der Waals surface area contributed by atoms with Crippen LogP contribution in [-0.4, -0.2) is 23.0 Å². The van der Waals surface area contributed by atoms with Crippen molar-refractivity contribution >= 4 is 0 Å². The van der Waals surface area contributed by atoms with Crippen molar-refractivity contribution < 1.29 is 0 Å². The summed E-state index contributed by atoms with van der Waals surface area (Å²) in [4.78, 5) is 6.78. The molecule has 3 nitrogen and oxygen atoms in total. The Morgan fingerprint density at radius 3 is 2.40 bits per heavy atom. The first-order valence-corrected chi connectivity index (χ1v) is 7.28. The summed E-state index contributed by atoms with van der Waals surface area (Å²) in [6.07, 6.45) is 4.15. The molecule has 20 heavy (non-hydrogen) atoms. The Balaban J connectivity index is 1.68. The monoisotopic (exact) mass is 267 g/mol. The molecule has 3 heteroatoms. The van der Waals surface area contributed by atoms with Gasteiger partial charge in [0, 0.05) is 32.4 Å². The predicted octanol–water partition coefficient (Wildman–Crippen LogP) is 2.14. The van der Waals surface area contributed by atoms with Crippen LogP contribution >= 0.6 is 0 Å². The van der Waals surface area contributed by atoms with Crippen LogP contribution in [0.2, 0.25) is 0 Å². The van der Waals surface area contributed by atoms with Gasteiger partial charge >= 0.3 is 0 Å². The molecule has 0 bridgehead atoms. The fourth-order valence-corrected chi connectivity index (χ4v) is 2.87. The first-order valence-electron chi connectivity index (χ1n) is 7.28. The van der Waals surface area contributed by atoms with Gasteiger partial charge in [0.25, 0.3) is 0 Å². The lowest BCUT2D eigenvalue weighted by Gasteiger charge is -2.19. The Hall–Kier alpha value is -1.71. The quantitative estimate of drug-likeness (QED) is 0.926. The summed E-state index contributed by atoms with van der Waals surface area (Å²) in [7, 11) is 0. The molecule has 1 aromatic carbocycles. The third-order valence-corrected chi connectivity index (χ3v) is 4.01. The van der Waals surface area contributed by atoms with Gasteiger partial charge in [-0.25, -0.2) is 0 Å². The molecule has 0 atom stereocenters. The van der Waals surface area contributed by atoms with Crippen LogP contribution in [0.15, 0.2) is 42.6 Å². The second-order valence-corrected chi connectivity index (χ2v) is 5.40. The second-order valence-electron chi connectivity index (χ2n) is 5.40. The topological polar surface area (TPSA) is 42.1 Å². The summed E-state index contributed by atoms with van der Waals surface area (Å²) in [5.41, 5.74) is 11.0. The molecule has 0 amide bonds. The highest BCUT2D eigenvalue weighted by molar-refractivity contribution is 5.28. The fourth-order valence-electron chi connectivity index (χ4n) is 2.87. The molecule has 2 heterocycles. The highest BCUT2D eigenvalue weighted by Gasteiger charge is 2.13. The van der Waals surface area contributed by atoms with E-state index in [4.69, 9.17) is 5.73 Å². The van der Waals surface area contributed by atoms with Gasteiger partial charge in [-0.2, -0.15) is 0 Å². The summed E-state index contributed by atoms with van der Waals surface area (Å²) in [5.74, 6) is 0. The van der Waals surface area contributed by atoms with E-state index >= 15 is 0 Å². The van der Waals surface area contributed by atoms with Gasteiger partial charge in [0.1, 0.15) is 0 Å². The maximum atomic E-state index is 5.66. The number of hydrogen-bond donors (Lipinski definition) is 1. The minimum Gasteiger partial charge on any atom is -0.325 e. The van der Waals surface area contributed by atoms with Gasteiger partial charge in [0.15, 0.2) is 0 Å². The molecule has 0 spiro atoms. The van der Waals surface area contributed by atoms with E-state index < -0.39 is 0 Å². The smallest absolute Gasteiger partial charge is 0.0542 e. The summed E-state index contributed by atoms with van der Waals surface area (Å²) in [5, 5.41) is 0. The Morgan fingerprint density at radius 2 is 1.75 bits per heavy atom. The van der Waals surface area contributed by atoms with Gasteiger partial charge in [-0.3, -0.25) is 9.88 Å². The number of hydrogen-bond acceptors (Lipinski definition) is 3. The standard InChI is InChI=1S/C17H21N3/c18-12-17-11-14(5-8-19-17)13-20-9-6-15-3-1-2-4-16(15)7-10-20/h1-5,8,11H,6-7,9-10,12-13,18H2. The van der Waals surface area contributed by atoms with Crippen molar-refractivity contribution in [2.75, 3.05) is 13.1 Å². The zero-order valence-electron chi connectivity index (χ0n) is 11.8. The van der Waals surface area contributed by atoms with E-state index in [-0.39, 0.29) is 0 Å². The molecule has 2 N–H and O–H groups in total. The molecule has 0 unspecified atom stereocenters. The zero-order valence-corrected chi connectivity index (χ0v) is 11.8. The number of aromatic nitrogens is 1. The molecule has 1 aromatic heterocycles. The highest BCUT2D eigenvalue weighted by Crippen LogP contribution is 2.17. The molecule has 0 saturated heterocycles. The van der Waals surface area contributed by atoms with Crippen LogP contribution in [0, 0.1) is 0 Å². The SMILES string of the molecule is NCc1cc(CN2CCc3ccccc3CC2)ccn1. The molecule has 2 aromatic rings. The molecule has 0 saturated carbocycles. The third kappa shape index (κ3) is 3.06. The normalized spacial score (nSPS) is 15.7. The van der Waals surface area contributed by atoms with Crippen molar-refractivity contribution in [3.8, 4) is 0 Å². The first kappa shape index (κ1) is 13.3. The van der Waals surface area contributed by atoms with Crippen molar-refractivity contribution in [1.82, 2.24) is 9.88 Å². The summed E-state index contributed by atoms with van der Waals surface area (Å²) < 4.78 is 0. The molecule has 1 aliphatic heterocycles. The van der Waals surface area contributed by atoms with Gasteiger partial charge in [-0.15, -0.1) is 0 Å². The lowest BCUT2D eigenvalue weighted by atomic mass is 10.0. The van der Waals surface area contributed by atoms with Crippen LogP contribution in [0.5, 0.6) is 0 Å². The van der Waals surface area contributed by atoms with Gasteiger partial charge in [0.05, 0.1) is 5.69 Å². The lowest BCUT2D eigenvalue weighted by Crippen LogP contribution is -2.26. The Kier molecular flexibility index (Phi) is 4.09. The van der Waals surface area contributed by atoms with Crippen molar-refractivity contribution in [1.29, 1.82) is 0 Å². The minimum atomic E-state index is 0.513. The fraction of sp³-hybridized carbons (Fsp3) is 0.353. The maximum absolute atomic E-state index is 5.66. The van der Waals surface area contributed by atoms with Crippen LogP contribution in [0.1, 0.15) is 22.4 Å². The van der Waals surface area contributed by atoms with E-state index in [0.29, 0.717) is 6.54 Å². The van der Waals surface area contributed by atoms with Gasteiger partial charge in [0.2, 0.25) is 0 Å². The number of fused-ring (bicyclic) bond motifs is 1. The van der Waals surface area contributed by atoms with E-state index in [9.17, 15) is 0 Å². The van der Waals surface area contributed by atoms with Crippen molar-refractivity contribution in [3.05, 3.63) is 65.0 Å². The van der Waals surface area contributed by atoms with E-state index in [0.717, 1.165) is 38.2 Å².